The molecule has 0 aliphatic carbocycles. The van der Waals surface area contributed by atoms with Crippen LogP contribution in [-0.4, -0.2) is 96.0 Å². The largest absolute Gasteiger partial charge is 0.466 e. The average Bonchev–Trinajstić information content (AvgIpc) is 3.46. The van der Waals surface area contributed by atoms with Gasteiger partial charge in [0, 0.05) is 25.5 Å². The van der Waals surface area contributed by atoms with E-state index in [-0.39, 0.29) is 35.6 Å². The third-order valence-corrected chi connectivity index (χ3v) is 12.1. The number of unbranched alkanes of at least 4 members (excludes halogenated alkanes) is 4. The number of alkyl carbamates (subject to hydrolysis) is 1. The number of carbonyl (C=O) groups excluding carboxylic acids is 6. The van der Waals surface area contributed by atoms with Crippen molar-refractivity contribution in [2.24, 2.45) is 10.9 Å². The molecule has 4 atom stereocenters. The van der Waals surface area contributed by atoms with Crippen molar-refractivity contribution in [2.45, 2.75) is 161 Å². The molecule has 56 heavy (non-hydrogen) atoms. The summed E-state index contributed by atoms with van der Waals surface area (Å²) in [7, 11) is -1.44. The maximum atomic E-state index is 13.6. The SMILES string of the molecule is C/C=C(\NC(=O)C1N=C(CNC(=O)OC(C)(C)C)S[C@@H]1C)C(=O)N[C@H](C(=O)O[C@H](/C=C/CCSC(=O)CCCCCCC)CC(=O)OCC[Si](C)(C)C)C(C)C. The van der Waals surface area contributed by atoms with Crippen molar-refractivity contribution in [1.29, 1.82) is 0 Å². The number of carbonyl (C=O) groups is 6. The second-order valence-electron chi connectivity index (χ2n) is 16.3. The predicted molar refractivity (Wildman–Crippen MR) is 229 cm³/mol. The van der Waals surface area contributed by atoms with Gasteiger partial charge in [0.1, 0.15) is 29.5 Å². The van der Waals surface area contributed by atoms with E-state index < -0.39 is 67.6 Å². The van der Waals surface area contributed by atoms with Crippen LogP contribution in [0.15, 0.2) is 28.9 Å². The molecule has 1 unspecified atom stereocenters. The number of allylic oxidation sites excluding steroid dienone is 2. The first-order valence-electron chi connectivity index (χ1n) is 19.8. The molecule has 1 heterocycles. The molecule has 0 fully saturated rings. The van der Waals surface area contributed by atoms with Crippen molar-refractivity contribution in [1.82, 2.24) is 16.0 Å². The summed E-state index contributed by atoms with van der Waals surface area (Å²) in [6, 6.07) is -1.14. The molecular formula is C40H68N4O9S2Si. The van der Waals surface area contributed by atoms with E-state index in [1.165, 1.54) is 36.0 Å². The third kappa shape index (κ3) is 22.6. The number of thioether (sulfide) groups is 2. The zero-order chi connectivity index (χ0) is 42.5. The van der Waals surface area contributed by atoms with Crippen LogP contribution in [0.1, 0.15) is 107 Å². The zero-order valence-corrected chi connectivity index (χ0v) is 38.2. The highest BCUT2D eigenvalue weighted by molar-refractivity contribution is 8.14. The molecule has 3 amide bonds. The number of nitrogens with one attached hydrogen (secondary N) is 3. The lowest BCUT2D eigenvalue weighted by Crippen LogP contribution is -2.49. The van der Waals surface area contributed by atoms with Crippen LogP contribution in [0, 0.1) is 5.92 Å². The van der Waals surface area contributed by atoms with E-state index in [1.54, 1.807) is 53.7 Å². The Morgan fingerprint density at radius 2 is 1.71 bits per heavy atom. The number of hydrogen-bond acceptors (Lipinski definition) is 12. The Morgan fingerprint density at radius 3 is 2.32 bits per heavy atom. The standard InChI is InChI=1S/C40H68N4O9S2Si/c1-12-14-15-16-17-21-33(46)54-23-19-18-20-29(25-32(45)51-22-24-56(9,10)11)52-38(49)34(27(3)4)44-36(47)30(13-2)42-37(48)35-28(5)55-31(43-35)26-41-39(50)53-40(6,7)8/h13,18,20,27-29,34-35H,12,14-17,19,21-26H2,1-11H3,(H,41,50)(H,42,48)(H,44,47)/b20-18+,30-13-/t28-,29-,34+,35?/m1/s1. The molecule has 0 radical (unpaired) electrons. The molecule has 0 spiro atoms. The van der Waals surface area contributed by atoms with Gasteiger partial charge in [-0.05, 0) is 58.6 Å². The Hall–Kier alpha value is -3.11. The van der Waals surface area contributed by atoms with Gasteiger partial charge in [0.05, 0.1) is 24.6 Å². The molecule has 1 rings (SSSR count). The second kappa shape index (κ2) is 26.0. The van der Waals surface area contributed by atoms with Gasteiger partial charge in [-0.15, -0.1) is 11.8 Å². The molecule has 0 aromatic heterocycles. The third-order valence-electron chi connectivity index (χ3n) is 8.23. The van der Waals surface area contributed by atoms with Crippen LogP contribution in [0.4, 0.5) is 4.79 Å². The topological polar surface area (TPSA) is 179 Å². The molecule has 0 bridgehead atoms. The summed E-state index contributed by atoms with van der Waals surface area (Å²) < 4.78 is 16.5. The fourth-order valence-corrected chi connectivity index (χ4v) is 7.63. The normalized spacial score (nSPS) is 17.2. The van der Waals surface area contributed by atoms with E-state index >= 15 is 0 Å². The van der Waals surface area contributed by atoms with E-state index in [0.29, 0.717) is 23.6 Å². The first-order chi connectivity index (χ1) is 26.1. The van der Waals surface area contributed by atoms with Crippen molar-refractivity contribution < 1.29 is 43.0 Å². The van der Waals surface area contributed by atoms with Crippen molar-refractivity contribution in [2.75, 3.05) is 18.9 Å². The van der Waals surface area contributed by atoms with Gasteiger partial charge in [-0.25, -0.2) is 9.59 Å². The van der Waals surface area contributed by atoms with Crippen molar-refractivity contribution in [3.63, 3.8) is 0 Å². The summed E-state index contributed by atoms with van der Waals surface area (Å²) in [4.78, 5) is 81.9. The predicted octanol–water partition coefficient (Wildman–Crippen LogP) is 7.32. The molecule has 3 N–H and O–H groups in total. The lowest BCUT2D eigenvalue weighted by molar-refractivity contribution is -0.156. The Bertz CT molecular complexity index is 1410. The van der Waals surface area contributed by atoms with Crippen LogP contribution in [0.25, 0.3) is 0 Å². The lowest BCUT2D eigenvalue weighted by Gasteiger charge is -2.24. The number of ether oxygens (including phenoxy) is 3. The summed E-state index contributed by atoms with van der Waals surface area (Å²) in [5.41, 5.74) is -0.731. The monoisotopic (exact) mass is 840 g/mol. The van der Waals surface area contributed by atoms with Crippen LogP contribution < -0.4 is 16.0 Å². The maximum Gasteiger partial charge on any atom is 0.407 e. The molecular weight excluding hydrogens is 773 g/mol. The Kier molecular flexibility index (Phi) is 23.6. The van der Waals surface area contributed by atoms with Crippen molar-refractivity contribution in [3.8, 4) is 0 Å². The fourth-order valence-electron chi connectivity index (χ4n) is 5.07. The Morgan fingerprint density at radius 1 is 1.04 bits per heavy atom. The molecule has 13 nitrogen and oxygen atoms in total. The van der Waals surface area contributed by atoms with Gasteiger partial charge in [-0.3, -0.25) is 24.2 Å². The summed E-state index contributed by atoms with van der Waals surface area (Å²) in [5, 5.41) is 8.38. The molecule has 1 aliphatic rings. The molecule has 0 aromatic carbocycles. The van der Waals surface area contributed by atoms with Gasteiger partial charge in [-0.1, -0.05) is 96.9 Å². The molecule has 16 heteroatoms. The highest BCUT2D eigenvalue weighted by Gasteiger charge is 2.35. The molecule has 1 aliphatic heterocycles. The highest BCUT2D eigenvalue weighted by Crippen LogP contribution is 2.27. The van der Waals surface area contributed by atoms with Crippen LogP contribution in [0.2, 0.25) is 25.7 Å². The summed E-state index contributed by atoms with van der Waals surface area (Å²) in [6.07, 6.45) is 9.57. The van der Waals surface area contributed by atoms with Gasteiger partial charge in [0.15, 0.2) is 5.12 Å². The van der Waals surface area contributed by atoms with Gasteiger partial charge in [0.2, 0.25) is 5.91 Å². The number of rotatable bonds is 24. The smallest absolute Gasteiger partial charge is 0.407 e. The van der Waals surface area contributed by atoms with Gasteiger partial charge in [-0.2, -0.15) is 0 Å². The second-order valence-corrected chi connectivity index (χ2v) is 24.6. The lowest BCUT2D eigenvalue weighted by atomic mass is 10.0. The van der Waals surface area contributed by atoms with Crippen LogP contribution in [0.5, 0.6) is 0 Å². The quantitative estimate of drug-likeness (QED) is 0.0222. The number of hydrogen-bond donors (Lipinski definition) is 3. The van der Waals surface area contributed by atoms with Crippen LogP contribution >= 0.6 is 23.5 Å². The minimum atomic E-state index is -1.44. The number of aliphatic imine (C=N–C) groups is 1. The minimum absolute atomic E-state index is 0.0726. The summed E-state index contributed by atoms with van der Waals surface area (Å²) in [6.45, 7) is 21.2. The first-order valence-corrected chi connectivity index (χ1v) is 25.4. The van der Waals surface area contributed by atoms with E-state index in [9.17, 15) is 28.8 Å². The van der Waals surface area contributed by atoms with E-state index in [4.69, 9.17) is 14.2 Å². The maximum absolute atomic E-state index is 13.6. The van der Waals surface area contributed by atoms with Crippen molar-refractivity contribution in [3.05, 3.63) is 23.9 Å². The van der Waals surface area contributed by atoms with Crippen molar-refractivity contribution >= 4 is 71.6 Å². The summed E-state index contributed by atoms with van der Waals surface area (Å²) >= 11 is 2.61. The number of esters is 2. The minimum Gasteiger partial charge on any atom is -0.466 e. The van der Waals surface area contributed by atoms with Crippen LogP contribution in [0.3, 0.4) is 0 Å². The van der Waals surface area contributed by atoms with E-state index in [2.05, 4.69) is 47.5 Å². The van der Waals surface area contributed by atoms with E-state index in [1.807, 2.05) is 6.92 Å². The van der Waals surface area contributed by atoms with E-state index in [0.717, 1.165) is 31.7 Å². The average molecular weight is 841 g/mol. The fraction of sp³-hybridized carbons (Fsp3) is 0.725. The van der Waals surface area contributed by atoms with Gasteiger partial charge in [0.25, 0.3) is 5.91 Å². The molecule has 0 aromatic rings. The number of nitrogens with zero attached hydrogens (tertiary/aromatic N) is 1. The van der Waals surface area contributed by atoms with Crippen LogP contribution in [-0.2, 0) is 38.2 Å². The Balaban J connectivity index is 2.93. The number of amides is 3. The molecule has 0 saturated carbocycles. The zero-order valence-electron chi connectivity index (χ0n) is 35.5. The summed E-state index contributed by atoms with van der Waals surface area (Å²) in [5.74, 6) is -2.33. The molecule has 0 saturated heterocycles. The first kappa shape index (κ1) is 50.9. The Labute approximate surface area is 344 Å². The highest BCUT2D eigenvalue weighted by atomic mass is 32.2. The van der Waals surface area contributed by atoms with Gasteiger partial charge >= 0.3 is 18.0 Å². The van der Waals surface area contributed by atoms with Gasteiger partial charge < -0.3 is 30.2 Å². The molecule has 318 valence electrons.